The van der Waals surface area contributed by atoms with Crippen molar-refractivity contribution in [1.82, 2.24) is 5.32 Å². The van der Waals surface area contributed by atoms with E-state index >= 15 is 0 Å². The van der Waals surface area contributed by atoms with Crippen molar-refractivity contribution in [3.63, 3.8) is 0 Å². The second-order valence-electron chi connectivity index (χ2n) is 3.48. The molecular weight excluding hydrogens is 208 g/mol. The van der Waals surface area contributed by atoms with Gasteiger partial charge in [0.05, 0.1) is 0 Å². The molecule has 16 heavy (non-hydrogen) atoms. The third-order valence-corrected chi connectivity index (χ3v) is 2.43. The van der Waals surface area contributed by atoms with Crippen LogP contribution < -0.4 is 5.32 Å². The highest BCUT2D eigenvalue weighted by Crippen LogP contribution is 2.19. The second-order valence-corrected chi connectivity index (χ2v) is 3.48. The van der Waals surface area contributed by atoms with Gasteiger partial charge in [0.1, 0.15) is 0 Å². The first-order valence-corrected chi connectivity index (χ1v) is 5.21. The molecule has 0 amide bonds. The van der Waals surface area contributed by atoms with Crippen molar-refractivity contribution >= 4 is 0 Å². The Morgan fingerprint density at radius 1 is 1.31 bits per heavy atom. The molecule has 0 saturated carbocycles. The van der Waals surface area contributed by atoms with E-state index in [4.69, 9.17) is 0 Å². The Morgan fingerprint density at radius 2 is 2.06 bits per heavy atom. The summed E-state index contributed by atoms with van der Waals surface area (Å²) in [5, 5.41) is 3.07. The average Bonchev–Trinajstić information content (AvgIpc) is 2.29. The van der Waals surface area contributed by atoms with E-state index < -0.39 is 11.6 Å². The highest BCUT2D eigenvalue weighted by molar-refractivity contribution is 5.21. The van der Waals surface area contributed by atoms with Crippen molar-refractivity contribution in [1.29, 1.82) is 0 Å². The van der Waals surface area contributed by atoms with Crippen LogP contribution in [0.15, 0.2) is 18.2 Å². The lowest BCUT2D eigenvalue weighted by Crippen LogP contribution is -2.16. The third kappa shape index (κ3) is 3.32. The molecule has 1 aromatic carbocycles. The first kappa shape index (κ1) is 12.7. The number of nitrogens with one attached hydrogen (secondary N) is 1. The summed E-state index contributed by atoms with van der Waals surface area (Å²) in [6, 6.07) is 3.99. The quantitative estimate of drug-likeness (QED) is 0.774. The lowest BCUT2D eigenvalue weighted by Gasteiger charge is -2.15. The Kier molecular flexibility index (Phi) is 4.94. The zero-order valence-electron chi connectivity index (χ0n) is 9.48. The monoisotopic (exact) mass is 223 g/mol. The molecule has 0 radical (unpaired) electrons. The fraction of sp³-hybridized carbons (Fsp3) is 0.385. The number of hydrogen-bond acceptors (Lipinski definition) is 1. The molecule has 1 rings (SSSR count). The van der Waals surface area contributed by atoms with Crippen LogP contribution in [0.25, 0.3) is 0 Å². The minimum absolute atomic E-state index is 0.0101. The minimum atomic E-state index is -0.813. The standard InChI is InChI=1S/C13H15F2N/c1-3-4-5-6-13(16-2)10-7-8-11(14)12(15)9-10/h7-9,13,16H,5-6H2,1-2H3. The van der Waals surface area contributed by atoms with E-state index in [0.29, 0.717) is 0 Å². The van der Waals surface area contributed by atoms with Gasteiger partial charge in [-0.3, -0.25) is 0 Å². The van der Waals surface area contributed by atoms with Gasteiger partial charge in [0.15, 0.2) is 11.6 Å². The molecule has 1 unspecified atom stereocenters. The van der Waals surface area contributed by atoms with Gasteiger partial charge >= 0.3 is 0 Å². The summed E-state index contributed by atoms with van der Waals surface area (Å²) in [5.74, 6) is 4.14. The molecule has 0 saturated heterocycles. The second kappa shape index (κ2) is 6.24. The van der Waals surface area contributed by atoms with Crippen LogP contribution >= 0.6 is 0 Å². The van der Waals surface area contributed by atoms with Gasteiger partial charge in [0.2, 0.25) is 0 Å². The lowest BCUT2D eigenvalue weighted by molar-refractivity contribution is 0.498. The van der Waals surface area contributed by atoms with Crippen LogP contribution in [-0.4, -0.2) is 7.05 Å². The van der Waals surface area contributed by atoms with E-state index in [2.05, 4.69) is 17.2 Å². The normalized spacial score (nSPS) is 11.8. The van der Waals surface area contributed by atoms with Gasteiger partial charge in [-0.1, -0.05) is 6.07 Å². The Labute approximate surface area is 94.9 Å². The topological polar surface area (TPSA) is 12.0 Å². The third-order valence-electron chi connectivity index (χ3n) is 2.43. The first-order chi connectivity index (χ1) is 7.69. The largest absolute Gasteiger partial charge is 0.313 e. The number of rotatable bonds is 4. The van der Waals surface area contributed by atoms with Crippen LogP contribution in [0.3, 0.4) is 0 Å². The van der Waals surface area contributed by atoms with Crippen molar-refractivity contribution in [3.05, 3.63) is 35.4 Å². The predicted molar refractivity (Wildman–Crippen MR) is 60.8 cm³/mol. The molecule has 0 aliphatic rings. The van der Waals surface area contributed by atoms with Crippen LogP contribution in [0, 0.1) is 23.5 Å². The summed E-state index contributed by atoms with van der Waals surface area (Å²) >= 11 is 0. The molecule has 3 heteroatoms. The van der Waals surface area contributed by atoms with Crippen molar-refractivity contribution in [2.45, 2.75) is 25.8 Å². The molecule has 1 N–H and O–H groups in total. The van der Waals surface area contributed by atoms with Crippen molar-refractivity contribution in [2.24, 2.45) is 0 Å². The fourth-order valence-corrected chi connectivity index (χ4v) is 1.55. The molecule has 0 fully saturated rings. The maximum atomic E-state index is 13.0. The summed E-state index contributed by atoms with van der Waals surface area (Å²) in [4.78, 5) is 0. The molecule has 0 aliphatic heterocycles. The van der Waals surface area contributed by atoms with E-state index in [9.17, 15) is 8.78 Å². The molecule has 0 aromatic heterocycles. The number of benzene rings is 1. The highest BCUT2D eigenvalue weighted by atomic mass is 19.2. The van der Waals surface area contributed by atoms with Crippen LogP contribution in [0.5, 0.6) is 0 Å². The zero-order valence-corrected chi connectivity index (χ0v) is 9.48. The van der Waals surface area contributed by atoms with Gasteiger partial charge < -0.3 is 5.32 Å². The van der Waals surface area contributed by atoms with Gasteiger partial charge in [-0.2, -0.15) is 0 Å². The summed E-state index contributed by atoms with van der Waals surface area (Å²) in [6.45, 7) is 1.78. The van der Waals surface area contributed by atoms with E-state index in [1.165, 1.54) is 6.07 Å². The Morgan fingerprint density at radius 3 is 2.62 bits per heavy atom. The van der Waals surface area contributed by atoms with E-state index in [-0.39, 0.29) is 6.04 Å². The molecule has 86 valence electrons. The molecular formula is C13H15F2N. The van der Waals surface area contributed by atoms with Crippen molar-refractivity contribution in [3.8, 4) is 11.8 Å². The molecule has 0 aliphatic carbocycles. The van der Waals surface area contributed by atoms with Crippen LogP contribution in [0.1, 0.15) is 31.4 Å². The summed E-state index contributed by atoms with van der Waals surface area (Å²) in [5.41, 5.74) is 0.749. The van der Waals surface area contributed by atoms with Gasteiger partial charge in [-0.05, 0) is 38.1 Å². The maximum Gasteiger partial charge on any atom is 0.159 e. The zero-order chi connectivity index (χ0) is 12.0. The van der Waals surface area contributed by atoms with Crippen molar-refractivity contribution in [2.75, 3.05) is 7.05 Å². The van der Waals surface area contributed by atoms with Gasteiger partial charge in [-0.15, -0.1) is 11.8 Å². The Bertz CT molecular complexity index is 404. The minimum Gasteiger partial charge on any atom is -0.313 e. The number of hydrogen-bond donors (Lipinski definition) is 1. The predicted octanol–water partition coefficient (Wildman–Crippen LogP) is 3.03. The van der Waals surface area contributed by atoms with E-state index in [1.807, 2.05) is 0 Å². The van der Waals surface area contributed by atoms with Gasteiger partial charge in [0, 0.05) is 12.5 Å². The highest BCUT2D eigenvalue weighted by Gasteiger charge is 2.11. The van der Waals surface area contributed by atoms with E-state index in [0.717, 1.165) is 24.5 Å². The molecule has 0 bridgehead atoms. The van der Waals surface area contributed by atoms with Crippen LogP contribution in [0.2, 0.25) is 0 Å². The first-order valence-electron chi connectivity index (χ1n) is 5.21. The smallest absolute Gasteiger partial charge is 0.159 e. The molecule has 0 spiro atoms. The Balaban J connectivity index is 2.77. The van der Waals surface area contributed by atoms with Crippen LogP contribution in [-0.2, 0) is 0 Å². The van der Waals surface area contributed by atoms with Gasteiger partial charge in [-0.25, -0.2) is 8.78 Å². The molecule has 1 nitrogen and oxygen atoms in total. The molecule has 1 atom stereocenters. The van der Waals surface area contributed by atoms with Crippen LogP contribution in [0.4, 0.5) is 8.78 Å². The summed E-state index contributed by atoms with van der Waals surface area (Å²) in [6.07, 6.45) is 1.52. The lowest BCUT2D eigenvalue weighted by atomic mass is 10.0. The summed E-state index contributed by atoms with van der Waals surface area (Å²) < 4.78 is 25.8. The fourth-order valence-electron chi connectivity index (χ4n) is 1.55. The molecule has 0 heterocycles. The molecule has 1 aromatic rings. The van der Waals surface area contributed by atoms with Crippen molar-refractivity contribution < 1.29 is 8.78 Å². The summed E-state index contributed by atoms with van der Waals surface area (Å²) in [7, 11) is 1.80. The number of halogens is 2. The van der Waals surface area contributed by atoms with E-state index in [1.54, 1.807) is 20.0 Å². The average molecular weight is 223 g/mol. The maximum absolute atomic E-state index is 13.0. The Hall–Kier alpha value is -1.40. The SMILES string of the molecule is CC#CCCC(NC)c1ccc(F)c(F)c1. The van der Waals surface area contributed by atoms with Gasteiger partial charge in [0.25, 0.3) is 0 Å².